The molecule has 0 unspecified atom stereocenters. The van der Waals surface area contributed by atoms with E-state index in [-0.39, 0.29) is 23.4 Å². The maximum absolute atomic E-state index is 14.0. The van der Waals surface area contributed by atoms with E-state index in [2.05, 4.69) is 19.1 Å². The molecule has 0 saturated heterocycles. The minimum atomic E-state index is -0.273. The fraction of sp³-hybridized carbons (Fsp3) is 0.429. The Morgan fingerprint density at radius 1 is 1.07 bits per heavy atom. The van der Waals surface area contributed by atoms with Crippen LogP contribution in [0.25, 0.3) is 0 Å². The summed E-state index contributed by atoms with van der Waals surface area (Å²) in [5.74, 6) is 2.95. The summed E-state index contributed by atoms with van der Waals surface area (Å²) in [4.78, 5) is 0. The summed E-state index contributed by atoms with van der Waals surface area (Å²) in [6.45, 7) is 3.31. The van der Waals surface area contributed by atoms with Gasteiger partial charge in [-0.15, -0.1) is 0 Å². The van der Waals surface area contributed by atoms with Crippen LogP contribution in [-0.2, 0) is 13.0 Å². The van der Waals surface area contributed by atoms with E-state index in [1.807, 2.05) is 12.1 Å². The van der Waals surface area contributed by atoms with Crippen LogP contribution < -0.4 is 18.9 Å². The second-order valence-corrected chi connectivity index (χ2v) is 7.59. The zero-order valence-corrected chi connectivity index (χ0v) is 15.8. The summed E-state index contributed by atoms with van der Waals surface area (Å²) in [5, 5.41) is 14.0. The van der Waals surface area contributed by atoms with E-state index in [1.54, 1.807) is 14.2 Å². The molecule has 3 atom stereocenters. The van der Waals surface area contributed by atoms with Crippen LogP contribution in [0.1, 0.15) is 41.1 Å². The molecule has 0 spiro atoms. The Morgan fingerprint density at radius 2 is 1.85 bits per heavy atom. The number of hydrogen-bond donors (Lipinski definition) is 0. The van der Waals surface area contributed by atoms with Crippen molar-refractivity contribution in [2.75, 3.05) is 27.6 Å². The van der Waals surface area contributed by atoms with Gasteiger partial charge < -0.3 is 28.8 Å². The zero-order chi connectivity index (χ0) is 18.8. The lowest BCUT2D eigenvalue weighted by atomic mass is 9.76. The normalized spacial score (nSPS) is 27.4. The van der Waals surface area contributed by atoms with Crippen molar-refractivity contribution < 1.29 is 23.6 Å². The van der Waals surface area contributed by atoms with Gasteiger partial charge in [-0.1, -0.05) is 13.0 Å². The molecule has 2 aromatic carbocycles. The van der Waals surface area contributed by atoms with Crippen LogP contribution in [0.15, 0.2) is 24.3 Å². The number of quaternary nitrogens is 1. The summed E-state index contributed by atoms with van der Waals surface area (Å²) in [6, 6.07) is 7.93. The average molecular weight is 369 g/mol. The third-order valence-corrected chi connectivity index (χ3v) is 6.29. The Balaban J connectivity index is 1.67. The number of hydroxylamine groups is 3. The van der Waals surface area contributed by atoms with Crippen LogP contribution in [0.5, 0.6) is 23.0 Å². The fourth-order valence-corrected chi connectivity index (χ4v) is 5.08. The SMILES string of the molecule is COc1ccc2c(c1OC)C[N@+]1([O-])CCc3cc4c(cc3[C@@H]1[C@H]2C)OCO4. The van der Waals surface area contributed by atoms with Gasteiger partial charge >= 0.3 is 0 Å². The monoisotopic (exact) mass is 369 g/mol. The predicted octanol–water partition coefficient (Wildman–Crippen LogP) is 3.66. The van der Waals surface area contributed by atoms with Crippen molar-refractivity contribution in [2.45, 2.75) is 31.8 Å². The van der Waals surface area contributed by atoms with Crippen molar-refractivity contribution >= 4 is 0 Å². The maximum Gasteiger partial charge on any atom is 0.231 e. The first-order valence-corrected chi connectivity index (χ1v) is 9.29. The third kappa shape index (κ3) is 2.26. The number of methoxy groups -OCH3 is 2. The molecule has 5 rings (SSSR count). The molecular weight excluding hydrogens is 346 g/mol. The standard InChI is InChI=1S/C21H23NO5/c1-12-14-4-5-17(24-2)21(25-3)16(14)10-22(23)7-6-13-8-18-19(27-11-26-18)9-15(13)20(12)22/h4-5,8-9,12,20H,6-7,10-11H2,1-3H3/t12-,20-,22+/m0/s1. The molecule has 0 radical (unpaired) electrons. The molecule has 0 bridgehead atoms. The van der Waals surface area contributed by atoms with Gasteiger partial charge in [0.1, 0.15) is 12.6 Å². The van der Waals surface area contributed by atoms with Gasteiger partial charge in [-0.25, -0.2) is 0 Å². The third-order valence-electron chi connectivity index (χ3n) is 6.29. The molecule has 0 fully saturated rings. The Bertz CT molecular complexity index is 927. The molecule has 3 heterocycles. The number of hydrogen-bond acceptors (Lipinski definition) is 5. The maximum atomic E-state index is 14.0. The average Bonchev–Trinajstić information content (AvgIpc) is 3.12. The van der Waals surface area contributed by atoms with Crippen LogP contribution in [0.2, 0.25) is 0 Å². The molecule has 0 saturated carbocycles. The lowest BCUT2D eigenvalue weighted by Gasteiger charge is -2.56. The molecule has 2 aromatic rings. The van der Waals surface area contributed by atoms with Gasteiger partial charge in [0.2, 0.25) is 6.79 Å². The van der Waals surface area contributed by atoms with E-state index < -0.39 is 0 Å². The summed E-state index contributed by atoms with van der Waals surface area (Å²) in [7, 11) is 3.26. The van der Waals surface area contributed by atoms with Crippen molar-refractivity contribution in [2.24, 2.45) is 0 Å². The van der Waals surface area contributed by atoms with Crippen molar-refractivity contribution in [1.82, 2.24) is 0 Å². The molecule has 0 aromatic heterocycles. The van der Waals surface area contributed by atoms with Gasteiger partial charge in [-0.05, 0) is 29.3 Å². The van der Waals surface area contributed by atoms with Gasteiger partial charge in [0.05, 0.1) is 26.3 Å². The largest absolute Gasteiger partial charge is 0.632 e. The first kappa shape index (κ1) is 16.7. The Labute approximate surface area is 158 Å². The molecule has 3 aliphatic rings. The minimum absolute atomic E-state index is 0.0606. The summed E-state index contributed by atoms with van der Waals surface area (Å²) < 4.78 is 21.9. The highest BCUT2D eigenvalue weighted by Gasteiger charge is 2.46. The molecular formula is C21H23NO5. The number of rotatable bonds is 2. The van der Waals surface area contributed by atoms with E-state index in [0.29, 0.717) is 24.6 Å². The van der Waals surface area contributed by atoms with Crippen LogP contribution in [0.3, 0.4) is 0 Å². The first-order chi connectivity index (χ1) is 13.1. The number of ether oxygens (including phenoxy) is 4. The summed E-state index contributed by atoms with van der Waals surface area (Å²) in [5.41, 5.74) is 4.42. The highest BCUT2D eigenvalue weighted by atomic mass is 16.7. The van der Waals surface area contributed by atoms with Crippen molar-refractivity contribution in [3.05, 3.63) is 51.7 Å². The lowest BCUT2D eigenvalue weighted by molar-refractivity contribution is -0.930. The van der Waals surface area contributed by atoms with E-state index in [9.17, 15) is 5.21 Å². The van der Waals surface area contributed by atoms with Crippen LogP contribution in [0, 0.1) is 5.21 Å². The number of benzene rings is 2. The number of fused-ring (bicyclic) bond motifs is 5. The molecule has 0 aliphatic carbocycles. The molecule has 27 heavy (non-hydrogen) atoms. The summed E-state index contributed by atoms with van der Waals surface area (Å²) in [6.07, 6.45) is 0.736. The molecule has 0 N–H and O–H groups in total. The highest BCUT2D eigenvalue weighted by molar-refractivity contribution is 5.55. The van der Waals surface area contributed by atoms with E-state index in [1.165, 1.54) is 5.56 Å². The van der Waals surface area contributed by atoms with Gasteiger partial charge in [0.15, 0.2) is 23.0 Å². The second-order valence-electron chi connectivity index (χ2n) is 7.59. The summed E-state index contributed by atoms with van der Waals surface area (Å²) >= 11 is 0. The topological polar surface area (TPSA) is 60.0 Å². The molecule has 6 nitrogen and oxygen atoms in total. The molecule has 3 aliphatic heterocycles. The van der Waals surface area contributed by atoms with Gasteiger partial charge in [-0.3, -0.25) is 0 Å². The minimum Gasteiger partial charge on any atom is -0.632 e. The molecule has 6 heteroatoms. The Morgan fingerprint density at radius 3 is 2.59 bits per heavy atom. The predicted molar refractivity (Wildman–Crippen MR) is 99.2 cm³/mol. The Kier molecular flexibility index (Phi) is 3.58. The van der Waals surface area contributed by atoms with E-state index in [0.717, 1.165) is 34.6 Å². The zero-order valence-electron chi connectivity index (χ0n) is 15.8. The van der Waals surface area contributed by atoms with E-state index in [4.69, 9.17) is 18.9 Å². The van der Waals surface area contributed by atoms with Crippen molar-refractivity contribution in [1.29, 1.82) is 0 Å². The smallest absolute Gasteiger partial charge is 0.231 e. The van der Waals surface area contributed by atoms with Gasteiger partial charge in [-0.2, -0.15) is 0 Å². The second kappa shape index (κ2) is 5.78. The van der Waals surface area contributed by atoms with Crippen LogP contribution >= 0.6 is 0 Å². The first-order valence-electron chi connectivity index (χ1n) is 9.29. The van der Waals surface area contributed by atoms with Crippen LogP contribution in [-0.4, -0.2) is 32.2 Å². The van der Waals surface area contributed by atoms with Crippen molar-refractivity contribution in [3.63, 3.8) is 0 Å². The van der Waals surface area contributed by atoms with Crippen LogP contribution in [0.4, 0.5) is 0 Å². The van der Waals surface area contributed by atoms with E-state index >= 15 is 0 Å². The quantitative estimate of drug-likeness (QED) is 0.597. The lowest BCUT2D eigenvalue weighted by Crippen LogP contribution is -2.53. The van der Waals surface area contributed by atoms with Gasteiger partial charge in [0, 0.05) is 17.9 Å². The Hall–Kier alpha value is -2.44. The van der Waals surface area contributed by atoms with Gasteiger partial charge in [0.25, 0.3) is 0 Å². The fourth-order valence-electron chi connectivity index (χ4n) is 5.08. The number of nitrogens with zero attached hydrogens (tertiary/aromatic N) is 1. The highest BCUT2D eigenvalue weighted by Crippen LogP contribution is 2.54. The molecule has 142 valence electrons. The van der Waals surface area contributed by atoms with Crippen molar-refractivity contribution in [3.8, 4) is 23.0 Å². The molecule has 0 amide bonds.